The van der Waals surface area contributed by atoms with Crippen molar-refractivity contribution in [1.82, 2.24) is 9.97 Å². The first-order valence-electron chi connectivity index (χ1n) is 5.79. The minimum absolute atomic E-state index is 0.614. The number of nitrogens with one attached hydrogen (secondary N) is 1. The van der Waals surface area contributed by atoms with E-state index in [2.05, 4.69) is 42.0 Å². The van der Waals surface area contributed by atoms with E-state index in [4.69, 9.17) is 0 Å². The molecule has 15 heavy (non-hydrogen) atoms. The molecule has 80 valence electrons. The predicted octanol–water partition coefficient (Wildman–Crippen LogP) is 3.86. The molecule has 2 heterocycles. The number of H-pyrrole nitrogens is 1. The van der Waals surface area contributed by atoms with E-state index in [1.807, 2.05) is 6.20 Å². The van der Waals surface area contributed by atoms with E-state index < -0.39 is 0 Å². The summed E-state index contributed by atoms with van der Waals surface area (Å²) in [6.45, 7) is 4.47. The molecule has 0 aromatic carbocycles. The Balaban J connectivity index is 2.33. The molecular weight excluding hydrogens is 184 g/mol. The molecule has 0 amide bonds. The highest BCUT2D eigenvalue weighted by atomic mass is 14.9. The maximum absolute atomic E-state index is 4.67. The van der Waals surface area contributed by atoms with Gasteiger partial charge in [0.15, 0.2) is 0 Å². The van der Waals surface area contributed by atoms with Gasteiger partial charge in [-0.05, 0) is 31.0 Å². The van der Waals surface area contributed by atoms with E-state index in [0.29, 0.717) is 5.92 Å². The highest BCUT2D eigenvalue weighted by Crippen LogP contribution is 2.24. The zero-order valence-corrected chi connectivity index (χ0v) is 9.46. The summed E-state index contributed by atoms with van der Waals surface area (Å²) in [5.74, 6) is 0.614. The first kappa shape index (κ1) is 10.2. The molecule has 2 heteroatoms. The Kier molecular flexibility index (Phi) is 3.05. The average Bonchev–Trinajstić information content (AvgIpc) is 2.72. The highest BCUT2D eigenvalue weighted by molar-refractivity contribution is 5.75. The molecule has 2 nitrogen and oxygen atoms in total. The Morgan fingerprint density at radius 1 is 1.27 bits per heavy atom. The van der Waals surface area contributed by atoms with Crippen molar-refractivity contribution >= 4 is 11.0 Å². The van der Waals surface area contributed by atoms with Gasteiger partial charge in [0.1, 0.15) is 5.65 Å². The van der Waals surface area contributed by atoms with Gasteiger partial charge in [0.25, 0.3) is 0 Å². The van der Waals surface area contributed by atoms with Crippen molar-refractivity contribution in [2.24, 2.45) is 0 Å². The fourth-order valence-corrected chi connectivity index (χ4v) is 2.08. The Labute approximate surface area is 90.7 Å². The number of hydrogen-bond donors (Lipinski definition) is 1. The summed E-state index contributed by atoms with van der Waals surface area (Å²) in [4.78, 5) is 7.84. The van der Waals surface area contributed by atoms with E-state index >= 15 is 0 Å². The molecule has 0 bridgehead atoms. The van der Waals surface area contributed by atoms with Crippen LogP contribution in [0.5, 0.6) is 0 Å². The maximum Gasteiger partial charge on any atom is 0.137 e. The largest absolute Gasteiger partial charge is 0.346 e. The smallest absolute Gasteiger partial charge is 0.137 e. The minimum atomic E-state index is 0.614. The fraction of sp³-hybridized carbons (Fsp3) is 0.462. The van der Waals surface area contributed by atoms with Gasteiger partial charge in [-0.2, -0.15) is 0 Å². The standard InChI is InChI=1S/C13H18N2/c1-3-5-10(4-2)12-7-6-11-8-9-14-13(11)15-12/h6-10H,3-5H2,1-2H3,(H,14,15). The Hall–Kier alpha value is -1.31. The second-order valence-electron chi connectivity index (χ2n) is 4.05. The first-order chi connectivity index (χ1) is 7.35. The van der Waals surface area contributed by atoms with Gasteiger partial charge in [0.2, 0.25) is 0 Å². The summed E-state index contributed by atoms with van der Waals surface area (Å²) in [7, 11) is 0. The molecule has 0 radical (unpaired) electrons. The normalized spacial score (nSPS) is 13.2. The minimum Gasteiger partial charge on any atom is -0.346 e. The summed E-state index contributed by atoms with van der Waals surface area (Å²) in [6.07, 6.45) is 5.58. The number of fused-ring (bicyclic) bond motifs is 1. The third-order valence-electron chi connectivity index (χ3n) is 2.98. The molecule has 0 saturated carbocycles. The van der Waals surface area contributed by atoms with Crippen molar-refractivity contribution in [3.8, 4) is 0 Å². The van der Waals surface area contributed by atoms with Gasteiger partial charge in [0.05, 0.1) is 0 Å². The van der Waals surface area contributed by atoms with Crippen LogP contribution < -0.4 is 0 Å². The fourth-order valence-electron chi connectivity index (χ4n) is 2.08. The van der Waals surface area contributed by atoms with Gasteiger partial charge in [0, 0.05) is 23.2 Å². The number of pyridine rings is 1. The van der Waals surface area contributed by atoms with Crippen molar-refractivity contribution in [3.05, 3.63) is 30.1 Å². The van der Waals surface area contributed by atoms with E-state index in [0.717, 1.165) is 5.65 Å². The van der Waals surface area contributed by atoms with Crippen LogP contribution in [0.25, 0.3) is 11.0 Å². The van der Waals surface area contributed by atoms with Crippen LogP contribution in [0.1, 0.15) is 44.7 Å². The lowest BCUT2D eigenvalue weighted by atomic mass is 9.96. The topological polar surface area (TPSA) is 28.7 Å². The Morgan fingerprint density at radius 3 is 2.87 bits per heavy atom. The van der Waals surface area contributed by atoms with Crippen molar-refractivity contribution < 1.29 is 0 Å². The highest BCUT2D eigenvalue weighted by Gasteiger charge is 2.10. The molecule has 0 saturated heterocycles. The van der Waals surface area contributed by atoms with Crippen molar-refractivity contribution in [2.75, 3.05) is 0 Å². The molecule has 0 spiro atoms. The molecule has 1 unspecified atom stereocenters. The van der Waals surface area contributed by atoms with E-state index in [-0.39, 0.29) is 0 Å². The summed E-state index contributed by atoms with van der Waals surface area (Å²) in [5, 5.41) is 1.20. The molecule has 2 aromatic heterocycles. The monoisotopic (exact) mass is 202 g/mol. The number of nitrogens with zero attached hydrogens (tertiary/aromatic N) is 1. The molecule has 0 aliphatic rings. The molecule has 1 N–H and O–H groups in total. The third-order valence-corrected chi connectivity index (χ3v) is 2.98. The predicted molar refractivity (Wildman–Crippen MR) is 64.0 cm³/mol. The first-order valence-corrected chi connectivity index (χ1v) is 5.79. The molecule has 0 aliphatic heterocycles. The van der Waals surface area contributed by atoms with Crippen LogP contribution in [0, 0.1) is 0 Å². The summed E-state index contributed by atoms with van der Waals surface area (Å²) in [6, 6.07) is 6.39. The number of rotatable bonds is 4. The van der Waals surface area contributed by atoms with Gasteiger partial charge < -0.3 is 4.98 Å². The number of aromatic nitrogens is 2. The Morgan fingerprint density at radius 2 is 2.13 bits per heavy atom. The van der Waals surface area contributed by atoms with Crippen molar-refractivity contribution in [1.29, 1.82) is 0 Å². The van der Waals surface area contributed by atoms with Crippen LogP contribution in [0.2, 0.25) is 0 Å². The molecular formula is C13H18N2. The van der Waals surface area contributed by atoms with E-state index in [1.165, 1.54) is 30.3 Å². The lowest BCUT2D eigenvalue weighted by molar-refractivity contribution is 0.583. The zero-order chi connectivity index (χ0) is 10.7. The molecule has 1 atom stereocenters. The summed E-state index contributed by atoms with van der Waals surface area (Å²) >= 11 is 0. The average molecular weight is 202 g/mol. The SMILES string of the molecule is CCCC(CC)c1ccc2cc[nH]c2n1. The zero-order valence-electron chi connectivity index (χ0n) is 9.46. The quantitative estimate of drug-likeness (QED) is 0.801. The number of aromatic amines is 1. The van der Waals surface area contributed by atoms with Crippen LogP contribution in [0.3, 0.4) is 0 Å². The second-order valence-corrected chi connectivity index (χ2v) is 4.05. The number of hydrogen-bond acceptors (Lipinski definition) is 1. The van der Waals surface area contributed by atoms with Gasteiger partial charge in [-0.15, -0.1) is 0 Å². The van der Waals surface area contributed by atoms with Gasteiger partial charge in [-0.3, -0.25) is 0 Å². The van der Waals surface area contributed by atoms with Crippen molar-refractivity contribution in [2.45, 2.75) is 39.0 Å². The van der Waals surface area contributed by atoms with Crippen LogP contribution in [0.15, 0.2) is 24.4 Å². The second kappa shape index (κ2) is 4.47. The van der Waals surface area contributed by atoms with Crippen LogP contribution >= 0.6 is 0 Å². The van der Waals surface area contributed by atoms with Gasteiger partial charge in [-0.1, -0.05) is 20.3 Å². The lowest BCUT2D eigenvalue weighted by Gasteiger charge is -2.12. The Bertz CT molecular complexity index is 431. The van der Waals surface area contributed by atoms with Crippen LogP contribution in [-0.4, -0.2) is 9.97 Å². The van der Waals surface area contributed by atoms with Gasteiger partial charge in [-0.25, -0.2) is 4.98 Å². The molecule has 0 fully saturated rings. The maximum atomic E-state index is 4.67. The van der Waals surface area contributed by atoms with Crippen molar-refractivity contribution in [3.63, 3.8) is 0 Å². The molecule has 2 rings (SSSR count). The third kappa shape index (κ3) is 2.04. The van der Waals surface area contributed by atoms with E-state index in [9.17, 15) is 0 Å². The molecule has 2 aromatic rings. The lowest BCUT2D eigenvalue weighted by Crippen LogP contribution is -1.99. The summed E-state index contributed by atoms with van der Waals surface area (Å²) < 4.78 is 0. The van der Waals surface area contributed by atoms with Crippen LogP contribution in [-0.2, 0) is 0 Å². The van der Waals surface area contributed by atoms with Gasteiger partial charge >= 0.3 is 0 Å². The van der Waals surface area contributed by atoms with E-state index in [1.54, 1.807) is 0 Å². The van der Waals surface area contributed by atoms with Crippen LogP contribution in [0.4, 0.5) is 0 Å². The molecule has 0 aliphatic carbocycles. The summed E-state index contributed by atoms with van der Waals surface area (Å²) in [5.41, 5.74) is 2.25.